The second-order valence-corrected chi connectivity index (χ2v) is 7.50. The molecular weight excluding hydrogens is 440 g/mol. The van der Waals surface area contributed by atoms with Crippen LogP contribution in [0.3, 0.4) is 0 Å². The number of fused-ring (bicyclic) bond motifs is 1. The first kappa shape index (κ1) is 24.6. The molecule has 166 valence electrons. The zero-order valence-corrected chi connectivity index (χ0v) is 19.4. The van der Waals surface area contributed by atoms with E-state index in [1.54, 1.807) is 37.8 Å². The van der Waals surface area contributed by atoms with Crippen molar-refractivity contribution < 1.29 is 24.5 Å². The Morgan fingerprint density at radius 1 is 1.23 bits per heavy atom. The smallest absolute Gasteiger partial charge is 0.335 e. The Labute approximate surface area is 192 Å². The molecule has 0 saturated carbocycles. The minimum absolute atomic E-state index is 0. The Morgan fingerprint density at radius 3 is 2.45 bits per heavy atom. The molecule has 31 heavy (non-hydrogen) atoms. The number of nitrogens with one attached hydrogen (secondary N) is 1. The normalized spacial score (nSPS) is 11.7. The number of hydrogen-bond donors (Lipinski definition) is 3. The Bertz CT molecular complexity index is 1160. The van der Waals surface area contributed by atoms with Crippen molar-refractivity contribution in [3.63, 3.8) is 0 Å². The Balaban J connectivity index is 0.00000341. The topological polar surface area (TPSA) is 101 Å². The van der Waals surface area contributed by atoms with Crippen LogP contribution in [0.5, 0.6) is 5.75 Å². The van der Waals surface area contributed by atoms with E-state index < -0.39 is 12.0 Å². The highest BCUT2D eigenvalue weighted by molar-refractivity contribution is 7.59. The van der Waals surface area contributed by atoms with Crippen molar-refractivity contribution in [1.82, 2.24) is 9.88 Å². The quantitative estimate of drug-likeness (QED) is 0.516. The molecule has 1 heterocycles. The standard InChI is InChI=1S/C22H23ClN2O5.H2S/c1-11-7-13(22(28)29)5-6-14(11)16(10-26)24-21(27)18-8-15-17(25(18)3)9-19(30-4)12(2)20(15)23;/h5-9,16,26H,10H2,1-4H3,(H,24,27)(H,28,29);1H2/t16-;/m1./s1. The van der Waals surface area contributed by atoms with Crippen LogP contribution in [0.1, 0.15) is 43.6 Å². The number of methoxy groups -OCH3 is 1. The van der Waals surface area contributed by atoms with E-state index in [9.17, 15) is 14.7 Å². The lowest BCUT2D eigenvalue weighted by Crippen LogP contribution is -2.32. The minimum Gasteiger partial charge on any atom is -0.496 e. The molecule has 0 radical (unpaired) electrons. The van der Waals surface area contributed by atoms with Gasteiger partial charge in [0.1, 0.15) is 11.4 Å². The fourth-order valence-electron chi connectivity index (χ4n) is 3.59. The molecule has 7 nitrogen and oxygen atoms in total. The van der Waals surface area contributed by atoms with Crippen LogP contribution in [0.2, 0.25) is 5.02 Å². The summed E-state index contributed by atoms with van der Waals surface area (Å²) < 4.78 is 7.08. The molecule has 3 N–H and O–H groups in total. The highest BCUT2D eigenvalue weighted by Gasteiger charge is 2.22. The number of aryl methyl sites for hydroxylation is 2. The predicted octanol–water partition coefficient (Wildman–Crippen LogP) is 3.73. The van der Waals surface area contributed by atoms with Gasteiger partial charge in [-0.15, -0.1) is 0 Å². The highest BCUT2D eigenvalue weighted by Crippen LogP contribution is 2.35. The zero-order valence-electron chi connectivity index (χ0n) is 17.6. The number of benzene rings is 2. The van der Waals surface area contributed by atoms with Crippen molar-refractivity contribution in [2.24, 2.45) is 7.05 Å². The van der Waals surface area contributed by atoms with Gasteiger partial charge in [0.05, 0.1) is 35.9 Å². The lowest BCUT2D eigenvalue weighted by atomic mass is 9.99. The van der Waals surface area contributed by atoms with Gasteiger partial charge in [0, 0.05) is 24.1 Å². The molecule has 0 spiro atoms. The Morgan fingerprint density at radius 2 is 1.90 bits per heavy atom. The molecule has 0 fully saturated rings. The molecule has 0 aliphatic rings. The first-order valence-corrected chi connectivity index (χ1v) is 9.65. The summed E-state index contributed by atoms with van der Waals surface area (Å²) in [5.41, 5.74) is 3.35. The number of rotatable bonds is 6. The third kappa shape index (κ3) is 4.51. The average Bonchev–Trinajstić information content (AvgIpc) is 3.05. The number of carboxylic acid groups (broad SMARTS) is 1. The number of hydrogen-bond acceptors (Lipinski definition) is 4. The van der Waals surface area contributed by atoms with E-state index in [-0.39, 0.29) is 31.6 Å². The number of carboxylic acids is 1. The van der Waals surface area contributed by atoms with E-state index in [0.29, 0.717) is 27.6 Å². The minimum atomic E-state index is -1.03. The molecule has 0 aliphatic heterocycles. The van der Waals surface area contributed by atoms with Gasteiger partial charge in [-0.2, -0.15) is 13.5 Å². The molecular formula is C22H25ClN2O5S. The van der Waals surface area contributed by atoms with Gasteiger partial charge in [-0.1, -0.05) is 17.7 Å². The predicted molar refractivity (Wildman–Crippen MR) is 125 cm³/mol. The second-order valence-electron chi connectivity index (χ2n) is 7.12. The summed E-state index contributed by atoms with van der Waals surface area (Å²) in [5, 5.41) is 23.0. The molecule has 3 aromatic rings. The highest BCUT2D eigenvalue weighted by atomic mass is 35.5. The van der Waals surface area contributed by atoms with Gasteiger partial charge >= 0.3 is 5.97 Å². The largest absolute Gasteiger partial charge is 0.496 e. The molecule has 1 aromatic heterocycles. The van der Waals surface area contributed by atoms with Gasteiger partial charge in [0.2, 0.25) is 0 Å². The summed E-state index contributed by atoms with van der Waals surface area (Å²) in [4.78, 5) is 24.1. The van der Waals surface area contributed by atoms with E-state index >= 15 is 0 Å². The third-order valence-corrected chi connectivity index (χ3v) is 5.80. The van der Waals surface area contributed by atoms with Crippen LogP contribution < -0.4 is 10.1 Å². The summed E-state index contributed by atoms with van der Waals surface area (Å²) >= 11 is 6.48. The first-order valence-electron chi connectivity index (χ1n) is 9.27. The molecule has 3 rings (SSSR count). The summed E-state index contributed by atoms with van der Waals surface area (Å²) in [6, 6.07) is 7.40. The molecule has 0 bridgehead atoms. The average molecular weight is 465 g/mol. The number of carbonyl (C=O) groups excluding carboxylic acids is 1. The lowest BCUT2D eigenvalue weighted by molar-refractivity contribution is 0.0696. The number of aromatic carboxylic acids is 1. The molecule has 1 amide bonds. The molecule has 1 atom stereocenters. The van der Waals surface area contributed by atoms with E-state index in [1.165, 1.54) is 12.1 Å². The third-order valence-electron chi connectivity index (χ3n) is 5.32. The fraction of sp³-hybridized carbons (Fsp3) is 0.273. The molecule has 2 aromatic carbocycles. The van der Waals surface area contributed by atoms with Crippen LogP contribution in [0, 0.1) is 13.8 Å². The maximum atomic E-state index is 13.0. The summed E-state index contributed by atoms with van der Waals surface area (Å²) in [7, 11) is 3.31. The number of halogens is 1. The summed E-state index contributed by atoms with van der Waals surface area (Å²) in [5.74, 6) is -0.794. The Hall–Kier alpha value is -2.68. The van der Waals surface area contributed by atoms with Gasteiger partial charge in [-0.3, -0.25) is 4.79 Å². The van der Waals surface area contributed by atoms with Gasteiger partial charge in [0.15, 0.2) is 0 Å². The van der Waals surface area contributed by atoms with Crippen LogP contribution in [0.4, 0.5) is 0 Å². The number of ether oxygens (including phenoxy) is 1. The zero-order chi connectivity index (χ0) is 22.2. The number of carbonyl (C=O) groups is 2. The van der Waals surface area contributed by atoms with E-state index in [0.717, 1.165) is 16.5 Å². The van der Waals surface area contributed by atoms with Crippen LogP contribution in [0.15, 0.2) is 30.3 Å². The van der Waals surface area contributed by atoms with Crippen LogP contribution >= 0.6 is 25.1 Å². The summed E-state index contributed by atoms with van der Waals surface area (Å²) in [6.45, 7) is 3.25. The molecule has 0 aliphatic carbocycles. The summed E-state index contributed by atoms with van der Waals surface area (Å²) in [6.07, 6.45) is 0. The Kier molecular flexibility index (Phi) is 7.64. The molecule has 0 unspecified atom stereocenters. The van der Waals surface area contributed by atoms with Crippen LogP contribution in [-0.2, 0) is 7.05 Å². The maximum Gasteiger partial charge on any atom is 0.335 e. The van der Waals surface area contributed by atoms with E-state index in [2.05, 4.69) is 5.32 Å². The van der Waals surface area contributed by atoms with Gasteiger partial charge in [-0.25, -0.2) is 4.79 Å². The van der Waals surface area contributed by atoms with Gasteiger partial charge in [-0.05, 0) is 43.2 Å². The van der Waals surface area contributed by atoms with Crippen molar-refractivity contribution in [3.8, 4) is 5.75 Å². The van der Waals surface area contributed by atoms with E-state index in [4.69, 9.17) is 21.4 Å². The second kappa shape index (κ2) is 9.64. The van der Waals surface area contributed by atoms with Crippen molar-refractivity contribution in [1.29, 1.82) is 0 Å². The number of amides is 1. The van der Waals surface area contributed by atoms with Crippen molar-refractivity contribution in [2.45, 2.75) is 19.9 Å². The number of aliphatic hydroxyl groups is 1. The lowest BCUT2D eigenvalue weighted by Gasteiger charge is -2.19. The first-order chi connectivity index (χ1) is 14.2. The monoisotopic (exact) mass is 464 g/mol. The fourth-order valence-corrected chi connectivity index (χ4v) is 3.84. The van der Waals surface area contributed by atoms with Gasteiger partial charge in [0.25, 0.3) is 5.91 Å². The van der Waals surface area contributed by atoms with Gasteiger partial charge < -0.3 is 24.8 Å². The molecule has 9 heteroatoms. The number of aliphatic hydroxyl groups excluding tert-OH is 1. The number of aromatic nitrogens is 1. The van der Waals surface area contributed by atoms with Crippen molar-refractivity contribution in [3.05, 3.63) is 63.3 Å². The SMILES string of the molecule is COc1cc2c(cc(C(=O)N[C@H](CO)c3ccc(C(=O)O)cc3C)n2C)c(Cl)c1C.S. The van der Waals surface area contributed by atoms with Crippen molar-refractivity contribution in [2.75, 3.05) is 13.7 Å². The van der Waals surface area contributed by atoms with E-state index in [1.807, 2.05) is 13.0 Å². The van der Waals surface area contributed by atoms with Crippen LogP contribution in [0.25, 0.3) is 10.9 Å². The number of nitrogens with zero attached hydrogens (tertiary/aromatic N) is 1. The molecule has 0 saturated heterocycles. The van der Waals surface area contributed by atoms with Crippen LogP contribution in [-0.4, -0.2) is 40.4 Å². The maximum absolute atomic E-state index is 13.0. The van der Waals surface area contributed by atoms with Crippen molar-refractivity contribution >= 4 is 47.9 Å².